The fraction of sp³-hybridized carbons (Fsp3) is 0.350. The molecular formula is C20H21N3O7S2. The number of amidine groups is 1. The first kappa shape index (κ1) is 22.2. The average Bonchev–Trinajstić information content (AvgIpc) is 3.20. The Hall–Kier alpha value is -2.99. The van der Waals surface area contributed by atoms with Crippen LogP contribution in [-0.2, 0) is 36.0 Å². The number of ether oxygens (including phenoxy) is 1. The number of sulfonamides is 2. The smallest absolute Gasteiger partial charge is 0.340 e. The lowest BCUT2D eigenvalue weighted by atomic mass is 10.1. The lowest BCUT2D eigenvalue weighted by Gasteiger charge is -2.26. The lowest BCUT2D eigenvalue weighted by Crippen LogP contribution is -2.37. The van der Waals surface area contributed by atoms with Crippen molar-refractivity contribution in [2.75, 3.05) is 35.5 Å². The fourth-order valence-electron chi connectivity index (χ4n) is 3.61. The predicted molar refractivity (Wildman–Crippen MR) is 117 cm³/mol. The molecule has 0 unspecified atom stereocenters. The molecular weight excluding hydrogens is 458 g/mol. The molecule has 3 aliphatic heterocycles. The molecule has 3 heterocycles. The maximum atomic E-state index is 12.5. The Morgan fingerprint density at radius 1 is 1.19 bits per heavy atom. The van der Waals surface area contributed by atoms with E-state index in [1.807, 2.05) is 0 Å². The average molecular weight is 480 g/mol. The van der Waals surface area contributed by atoms with E-state index in [2.05, 4.69) is 4.40 Å². The van der Waals surface area contributed by atoms with Crippen molar-refractivity contribution >= 4 is 43.3 Å². The number of rotatable bonds is 6. The minimum absolute atomic E-state index is 0.00599. The minimum atomic E-state index is -3.49. The number of fused-ring (bicyclic) bond motifs is 2. The Balaban J connectivity index is 1.40. The van der Waals surface area contributed by atoms with Gasteiger partial charge in [-0.15, -0.1) is 4.40 Å². The van der Waals surface area contributed by atoms with Gasteiger partial charge in [-0.3, -0.25) is 9.10 Å². The van der Waals surface area contributed by atoms with Crippen molar-refractivity contribution in [1.82, 2.24) is 4.90 Å². The van der Waals surface area contributed by atoms with Crippen molar-refractivity contribution in [3.05, 3.63) is 53.3 Å². The summed E-state index contributed by atoms with van der Waals surface area (Å²) in [5, 5.41) is 0. The van der Waals surface area contributed by atoms with E-state index < -0.39 is 38.4 Å². The van der Waals surface area contributed by atoms with E-state index in [1.54, 1.807) is 19.1 Å². The van der Waals surface area contributed by atoms with Crippen LogP contribution >= 0.6 is 0 Å². The van der Waals surface area contributed by atoms with Crippen molar-refractivity contribution in [1.29, 1.82) is 0 Å². The SMILES string of the molecule is CCS(=O)(=O)N1CCc2cc(C(=O)COC(=O)C3=CN4CCS(=O)(=O)N=C4C=C3)ccc21. The maximum absolute atomic E-state index is 12.5. The highest BCUT2D eigenvalue weighted by Crippen LogP contribution is 2.31. The van der Waals surface area contributed by atoms with E-state index in [4.69, 9.17) is 4.74 Å². The number of nitrogens with zero attached hydrogens (tertiary/aromatic N) is 3. The van der Waals surface area contributed by atoms with E-state index in [9.17, 15) is 26.4 Å². The Labute approximate surface area is 186 Å². The van der Waals surface area contributed by atoms with Crippen LogP contribution in [0.5, 0.6) is 0 Å². The maximum Gasteiger partial charge on any atom is 0.340 e. The fourth-order valence-corrected chi connectivity index (χ4v) is 5.74. The summed E-state index contributed by atoms with van der Waals surface area (Å²) in [4.78, 5) is 26.4. The number of carbonyl (C=O) groups excluding carboxylic acids is 2. The molecule has 0 N–H and O–H groups in total. The molecule has 0 aliphatic carbocycles. The number of hydrogen-bond acceptors (Lipinski definition) is 8. The number of benzene rings is 1. The molecule has 0 saturated heterocycles. The molecule has 0 atom stereocenters. The first-order chi connectivity index (χ1) is 15.1. The molecule has 0 bridgehead atoms. The number of ketones is 1. The zero-order chi connectivity index (χ0) is 23.1. The van der Waals surface area contributed by atoms with Gasteiger partial charge in [0.2, 0.25) is 10.0 Å². The third kappa shape index (κ3) is 4.32. The highest BCUT2D eigenvalue weighted by atomic mass is 32.2. The van der Waals surface area contributed by atoms with Gasteiger partial charge in [0.15, 0.2) is 12.4 Å². The first-order valence-corrected chi connectivity index (χ1v) is 13.1. The summed E-state index contributed by atoms with van der Waals surface area (Å²) in [7, 11) is -6.86. The van der Waals surface area contributed by atoms with Crippen LogP contribution in [0, 0.1) is 0 Å². The third-order valence-corrected chi connectivity index (χ3v) is 8.29. The van der Waals surface area contributed by atoms with Gasteiger partial charge in [0, 0.05) is 24.9 Å². The molecule has 4 rings (SSSR count). The predicted octanol–water partition coefficient (Wildman–Crippen LogP) is 0.622. The van der Waals surface area contributed by atoms with Crippen LogP contribution in [0.2, 0.25) is 0 Å². The van der Waals surface area contributed by atoms with E-state index in [1.165, 1.54) is 33.6 Å². The van der Waals surface area contributed by atoms with Gasteiger partial charge in [-0.2, -0.15) is 0 Å². The first-order valence-electron chi connectivity index (χ1n) is 9.92. The summed E-state index contributed by atoms with van der Waals surface area (Å²) in [6.07, 6.45) is 4.74. The number of hydrogen-bond donors (Lipinski definition) is 0. The van der Waals surface area contributed by atoms with Gasteiger partial charge < -0.3 is 9.64 Å². The summed E-state index contributed by atoms with van der Waals surface area (Å²) in [6.45, 7) is 1.61. The van der Waals surface area contributed by atoms with Crippen molar-refractivity contribution in [2.45, 2.75) is 13.3 Å². The molecule has 1 aromatic rings. The normalized spacial score (nSPS) is 19.0. The molecule has 10 nitrogen and oxygen atoms in total. The van der Waals surface area contributed by atoms with Crippen molar-refractivity contribution in [2.24, 2.45) is 4.40 Å². The zero-order valence-corrected chi connectivity index (χ0v) is 18.9. The monoisotopic (exact) mass is 479 g/mol. The minimum Gasteiger partial charge on any atom is -0.454 e. The zero-order valence-electron chi connectivity index (χ0n) is 17.2. The number of anilines is 1. The second kappa shape index (κ2) is 8.17. The summed E-state index contributed by atoms with van der Waals surface area (Å²) < 4.78 is 57.6. The van der Waals surface area contributed by atoms with Crippen LogP contribution in [0.1, 0.15) is 22.8 Å². The van der Waals surface area contributed by atoms with Crippen molar-refractivity contribution < 1.29 is 31.2 Å². The van der Waals surface area contributed by atoms with Gasteiger partial charge in [-0.1, -0.05) is 0 Å². The molecule has 0 saturated carbocycles. The van der Waals surface area contributed by atoms with E-state index in [-0.39, 0.29) is 29.5 Å². The van der Waals surface area contributed by atoms with Gasteiger partial charge in [0.05, 0.1) is 22.8 Å². The van der Waals surface area contributed by atoms with E-state index in [0.29, 0.717) is 24.2 Å². The molecule has 0 spiro atoms. The van der Waals surface area contributed by atoms with Crippen LogP contribution < -0.4 is 4.31 Å². The lowest BCUT2D eigenvalue weighted by molar-refractivity contribution is -0.137. The Morgan fingerprint density at radius 2 is 1.97 bits per heavy atom. The molecule has 170 valence electrons. The topological polar surface area (TPSA) is 130 Å². The Morgan fingerprint density at radius 3 is 2.72 bits per heavy atom. The highest BCUT2D eigenvalue weighted by Gasteiger charge is 2.29. The quantitative estimate of drug-likeness (QED) is 0.429. The van der Waals surface area contributed by atoms with Crippen LogP contribution in [0.4, 0.5) is 5.69 Å². The van der Waals surface area contributed by atoms with Gasteiger partial charge >= 0.3 is 5.97 Å². The van der Waals surface area contributed by atoms with Crippen LogP contribution in [0.15, 0.2) is 46.5 Å². The molecule has 32 heavy (non-hydrogen) atoms. The molecule has 1 aromatic carbocycles. The van der Waals surface area contributed by atoms with E-state index >= 15 is 0 Å². The van der Waals surface area contributed by atoms with Gasteiger partial charge in [0.25, 0.3) is 10.0 Å². The molecule has 0 fully saturated rings. The largest absolute Gasteiger partial charge is 0.454 e. The Kier molecular flexibility index (Phi) is 5.67. The second-order valence-corrected chi connectivity index (χ2v) is 11.3. The van der Waals surface area contributed by atoms with Gasteiger partial charge in [-0.05, 0) is 49.3 Å². The van der Waals surface area contributed by atoms with E-state index in [0.717, 1.165) is 5.56 Å². The Bertz CT molecular complexity index is 1290. The summed E-state index contributed by atoms with van der Waals surface area (Å²) >= 11 is 0. The molecule has 0 amide bonds. The summed E-state index contributed by atoms with van der Waals surface area (Å²) in [5.74, 6) is -1.07. The number of Topliss-reactive ketones (excluding diaryl/α,β-unsaturated/α-hetero) is 1. The van der Waals surface area contributed by atoms with Crippen molar-refractivity contribution in [3.8, 4) is 0 Å². The van der Waals surface area contributed by atoms with Crippen LogP contribution in [0.3, 0.4) is 0 Å². The standard InChI is InChI=1S/C20H21N3O7S2/c1-2-32(28,29)23-8-7-14-11-15(3-5-17(14)23)18(24)13-30-20(25)16-4-6-19-21-31(26,27)10-9-22(19)12-16/h3-6,11-12H,2,7-10,13H2,1H3. The second-order valence-electron chi connectivity index (χ2n) is 7.41. The summed E-state index contributed by atoms with van der Waals surface area (Å²) in [5.41, 5.74) is 1.82. The number of carbonyl (C=O) groups is 2. The highest BCUT2D eigenvalue weighted by molar-refractivity contribution is 7.92. The van der Waals surface area contributed by atoms with Crippen LogP contribution in [-0.4, -0.2) is 70.5 Å². The van der Waals surface area contributed by atoms with Gasteiger partial charge in [0.1, 0.15) is 5.84 Å². The molecule has 12 heteroatoms. The van der Waals surface area contributed by atoms with Gasteiger partial charge in [-0.25, -0.2) is 21.6 Å². The summed E-state index contributed by atoms with van der Waals surface area (Å²) in [6, 6.07) is 4.75. The number of esters is 1. The third-order valence-electron chi connectivity index (χ3n) is 5.35. The molecule has 3 aliphatic rings. The molecule has 0 radical (unpaired) electrons. The van der Waals surface area contributed by atoms with Crippen LogP contribution in [0.25, 0.3) is 0 Å². The molecule has 0 aromatic heterocycles. The van der Waals surface area contributed by atoms with Crippen molar-refractivity contribution in [3.63, 3.8) is 0 Å².